The molecule has 1 heterocycles. The molecule has 2 atom stereocenters. The minimum atomic E-state index is -2.62. The van der Waals surface area contributed by atoms with Gasteiger partial charge in [0.05, 0.1) is 12.0 Å². The molecule has 34 heavy (non-hydrogen) atoms. The zero-order valence-electron chi connectivity index (χ0n) is 20.0. The number of hydrogen-bond acceptors (Lipinski definition) is 5. The van der Waals surface area contributed by atoms with Gasteiger partial charge in [0, 0.05) is 43.6 Å². The van der Waals surface area contributed by atoms with Gasteiger partial charge in [-0.1, -0.05) is 19.3 Å². The second kappa shape index (κ2) is 11.4. The van der Waals surface area contributed by atoms with Gasteiger partial charge in [-0.2, -0.15) is 0 Å². The van der Waals surface area contributed by atoms with E-state index >= 15 is 0 Å². The molecule has 184 valence electrons. The van der Waals surface area contributed by atoms with E-state index in [9.17, 15) is 4.21 Å². The van der Waals surface area contributed by atoms with Gasteiger partial charge in [0.2, 0.25) is 0 Å². The highest BCUT2D eigenvalue weighted by Crippen LogP contribution is 2.24. The van der Waals surface area contributed by atoms with Crippen LogP contribution in [0, 0.1) is 0 Å². The quantitative estimate of drug-likeness (QED) is 0.483. The molecule has 0 amide bonds. The van der Waals surface area contributed by atoms with E-state index in [1.807, 2.05) is 36.4 Å². The van der Waals surface area contributed by atoms with Crippen LogP contribution in [-0.2, 0) is 9.92 Å². The summed E-state index contributed by atoms with van der Waals surface area (Å²) >= 11 is 5.55. The van der Waals surface area contributed by atoms with E-state index < -0.39 is 9.92 Å². The van der Waals surface area contributed by atoms with E-state index in [0.29, 0.717) is 10.0 Å². The summed E-state index contributed by atoms with van der Waals surface area (Å²) in [4.78, 5) is 3.05. The fraction of sp³-hybridized carbons (Fsp3) is 0.480. The fourth-order valence-corrected chi connectivity index (χ4v) is 6.58. The molecular weight excluding hydrogens is 466 g/mol. The number of thiocarbonyl (C=S) groups is 1. The summed E-state index contributed by atoms with van der Waals surface area (Å²) in [5.74, 6) is 0.863. The van der Waals surface area contributed by atoms with Crippen molar-refractivity contribution in [3.8, 4) is 5.75 Å². The van der Waals surface area contributed by atoms with E-state index in [4.69, 9.17) is 17.0 Å². The normalized spacial score (nSPS) is 20.4. The van der Waals surface area contributed by atoms with Crippen LogP contribution >= 0.6 is 12.2 Å². The summed E-state index contributed by atoms with van der Waals surface area (Å²) in [6.45, 7) is 1.87. The Morgan fingerprint density at radius 3 is 2.38 bits per heavy atom. The highest BCUT2D eigenvalue weighted by atomic mass is 32.2. The van der Waals surface area contributed by atoms with Gasteiger partial charge in [0.25, 0.3) is 0 Å². The number of anilines is 2. The first-order chi connectivity index (χ1) is 16.5. The highest BCUT2D eigenvalue weighted by Gasteiger charge is 2.24. The number of nitrogens with zero attached hydrogens (tertiary/aromatic N) is 2. The monoisotopic (exact) mass is 501 g/mol. The molecule has 0 bridgehead atoms. The predicted octanol–water partition coefficient (Wildman–Crippen LogP) is 4.55. The zero-order valence-corrected chi connectivity index (χ0v) is 21.6. The number of rotatable bonds is 7. The van der Waals surface area contributed by atoms with E-state index in [2.05, 4.69) is 36.8 Å². The third kappa shape index (κ3) is 6.20. The molecule has 1 aliphatic carbocycles. The maximum Gasteiger partial charge on any atom is 0.171 e. The number of nitrogens with one attached hydrogen (secondary N) is 3. The Bertz CT molecular complexity index is 1080. The van der Waals surface area contributed by atoms with Crippen LogP contribution in [0.4, 0.5) is 11.4 Å². The minimum absolute atomic E-state index is 0.267. The molecule has 3 N–H and O–H groups in total. The molecule has 2 aromatic rings. The number of hydrogen-bond donors (Lipinski definition) is 3. The Hall–Kier alpha value is -2.36. The topological polar surface area (TPSA) is 78.0 Å². The molecule has 0 spiro atoms. The van der Waals surface area contributed by atoms with E-state index in [0.717, 1.165) is 43.8 Å². The molecule has 0 radical (unpaired) electrons. The molecule has 9 heteroatoms. The van der Waals surface area contributed by atoms with Crippen LogP contribution in [0.15, 0.2) is 57.8 Å². The van der Waals surface area contributed by atoms with Crippen molar-refractivity contribution in [2.24, 2.45) is 4.36 Å². The summed E-state index contributed by atoms with van der Waals surface area (Å²) in [7, 11) is 0.683. The lowest BCUT2D eigenvalue weighted by Crippen LogP contribution is -2.39. The van der Waals surface area contributed by atoms with Gasteiger partial charge in [0.15, 0.2) is 5.11 Å². The van der Waals surface area contributed by atoms with E-state index in [1.165, 1.54) is 24.9 Å². The molecular formula is C25H35N5O2S2. The third-order valence-electron chi connectivity index (χ3n) is 6.58. The number of ether oxygens (including phenoxy) is 1. The summed E-state index contributed by atoms with van der Waals surface area (Å²) in [6.07, 6.45) is 6.76. The van der Waals surface area contributed by atoms with Crippen molar-refractivity contribution >= 4 is 38.6 Å². The first-order valence-corrected chi connectivity index (χ1v) is 13.9. The SMILES string of the molecule is CN=S(=O)(NC1CCCCC1)c1ccc(NC(=S)NC2CCN(c3ccc(OC)cc3)C2)cc1. The van der Waals surface area contributed by atoms with Crippen LogP contribution in [0.25, 0.3) is 0 Å². The fourth-order valence-electron chi connectivity index (χ4n) is 4.65. The van der Waals surface area contributed by atoms with Crippen molar-refractivity contribution in [1.29, 1.82) is 0 Å². The Balaban J connectivity index is 1.30. The van der Waals surface area contributed by atoms with Crippen LogP contribution in [-0.4, -0.2) is 48.7 Å². The van der Waals surface area contributed by atoms with Crippen molar-refractivity contribution in [1.82, 2.24) is 10.0 Å². The largest absolute Gasteiger partial charge is 0.497 e. The van der Waals surface area contributed by atoms with Crippen LogP contribution in [0.5, 0.6) is 5.75 Å². The molecule has 2 aromatic carbocycles. The second-order valence-corrected chi connectivity index (χ2v) is 11.4. The molecule has 7 nitrogen and oxygen atoms in total. The molecule has 2 fully saturated rings. The first-order valence-electron chi connectivity index (χ1n) is 12.0. The number of methoxy groups -OCH3 is 1. The lowest BCUT2D eigenvalue weighted by molar-refractivity contribution is 0.415. The van der Waals surface area contributed by atoms with Crippen LogP contribution in [0.1, 0.15) is 38.5 Å². The highest BCUT2D eigenvalue weighted by molar-refractivity contribution is 7.91. The lowest BCUT2D eigenvalue weighted by atomic mass is 9.96. The molecule has 1 saturated carbocycles. The average Bonchev–Trinajstić information content (AvgIpc) is 3.33. The molecule has 2 aliphatic rings. The van der Waals surface area contributed by atoms with Crippen LogP contribution < -0.4 is 25.0 Å². The van der Waals surface area contributed by atoms with Crippen LogP contribution in [0.3, 0.4) is 0 Å². The lowest BCUT2D eigenvalue weighted by Gasteiger charge is -2.24. The van der Waals surface area contributed by atoms with E-state index in [-0.39, 0.29) is 12.1 Å². The Labute approximate surface area is 209 Å². The van der Waals surface area contributed by atoms with Gasteiger partial charge in [-0.3, -0.25) is 0 Å². The Kier molecular flexibility index (Phi) is 8.28. The summed E-state index contributed by atoms with van der Waals surface area (Å²) < 4.78 is 26.2. The first kappa shape index (κ1) is 24.8. The smallest absolute Gasteiger partial charge is 0.171 e. The molecule has 1 aliphatic heterocycles. The van der Waals surface area contributed by atoms with Gasteiger partial charge < -0.3 is 20.3 Å². The van der Waals surface area contributed by atoms with Gasteiger partial charge >= 0.3 is 0 Å². The van der Waals surface area contributed by atoms with E-state index in [1.54, 1.807) is 14.2 Å². The van der Waals surface area contributed by atoms with Gasteiger partial charge in [-0.05, 0) is 80.0 Å². The summed E-state index contributed by atoms with van der Waals surface area (Å²) in [6, 6.07) is 16.3. The van der Waals surface area contributed by atoms with Crippen LogP contribution in [0.2, 0.25) is 0 Å². The Morgan fingerprint density at radius 2 is 1.74 bits per heavy atom. The number of benzene rings is 2. The van der Waals surface area contributed by atoms with Crippen molar-refractivity contribution in [2.45, 2.75) is 55.5 Å². The third-order valence-corrected chi connectivity index (χ3v) is 8.88. The molecule has 4 rings (SSSR count). The predicted molar refractivity (Wildman–Crippen MR) is 144 cm³/mol. The molecule has 2 unspecified atom stereocenters. The summed E-state index contributed by atoms with van der Waals surface area (Å²) in [5.41, 5.74) is 2.05. The Morgan fingerprint density at radius 1 is 1.03 bits per heavy atom. The summed E-state index contributed by atoms with van der Waals surface area (Å²) in [5, 5.41) is 7.28. The minimum Gasteiger partial charge on any atom is -0.497 e. The van der Waals surface area contributed by atoms with Crippen molar-refractivity contribution in [3.05, 3.63) is 48.5 Å². The maximum absolute atomic E-state index is 13.4. The van der Waals surface area contributed by atoms with Gasteiger partial charge in [-0.25, -0.2) is 13.3 Å². The standard InChI is InChI=1S/C25H35N5O2S2/c1-26-34(31,29-20-6-4-3-5-7-20)24-14-8-19(9-15-24)27-25(33)28-21-16-17-30(18-21)22-10-12-23(32-2)13-11-22/h8-15,20-21H,3-7,16-18H2,1-2H3,(H,26,29,31)(H2,27,28,33). The van der Waals surface area contributed by atoms with Gasteiger partial charge in [-0.15, -0.1) is 0 Å². The van der Waals surface area contributed by atoms with Gasteiger partial charge in [0.1, 0.15) is 15.7 Å². The maximum atomic E-state index is 13.4. The van der Waals surface area contributed by atoms with Crippen molar-refractivity contribution in [2.75, 3.05) is 37.5 Å². The molecule has 0 aromatic heterocycles. The van der Waals surface area contributed by atoms with Crippen molar-refractivity contribution in [3.63, 3.8) is 0 Å². The second-order valence-electron chi connectivity index (χ2n) is 8.91. The zero-order chi connectivity index (χ0) is 24.0. The molecule has 1 saturated heterocycles. The van der Waals surface area contributed by atoms with Crippen molar-refractivity contribution < 1.29 is 8.95 Å². The average molecular weight is 502 g/mol.